The lowest BCUT2D eigenvalue weighted by Gasteiger charge is -2.18. The topological polar surface area (TPSA) is 75.2 Å². The third kappa shape index (κ3) is 1.91. The van der Waals surface area contributed by atoms with Crippen molar-refractivity contribution in [1.29, 1.82) is 0 Å². The predicted molar refractivity (Wildman–Crippen MR) is 75.0 cm³/mol. The summed E-state index contributed by atoms with van der Waals surface area (Å²) in [5.41, 5.74) is -0.153. The highest BCUT2D eigenvalue weighted by Gasteiger charge is 2.72. The summed E-state index contributed by atoms with van der Waals surface area (Å²) in [4.78, 5) is 25.7. The number of aromatic nitrogens is 2. The fourth-order valence-corrected chi connectivity index (χ4v) is 3.67. The highest BCUT2D eigenvalue weighted by atomic mass is 32.1. The van der Waals surface area contributed by atoms with Crippen LogP contribution in [0.3, 0.4) is 0 Å². The second-order valence-corrected chi connectivity index (χ2v) is 7.03. The third-order valence-electron chi connectivity index (χ3n) is 4.18. The van der Waals surface area contributed by atoms with Crippen molar-refractivity contribution >= 4 is 28.3 Å². The first kappa shape index (κ1) is 13.5. The molecule has 108 valence electrons. The quantitative estimate of drug-likeness (QED) is 0.833. The van der Waals surface area contributed by atoms with Crippen LogP contribution in [0.5, 0.6) is 0 Å². The first-order chi connectivity index (χ1) is 9.46. The molecule has 6 nitrogen and oxygen atoms in total. The lowest BCUT2D eigenvalue weighted by atomic mass is 10.1. The van der Waals surface area contributed by atoms with Gasteiger partial charge in [-0.05, 0) is 11.8 Å². The SMILES string of the molecule is CCCNc1nnc(CN2C(=O)C3C(C2=O)C3(C)C)s1. The molecule has 2 amide bonds. The molecule has 1 saturated carbocycles. The maximum absolute atomic E-state index is 12.2. The Morgan fingerprint density at radius 2 is 1.90 bits per heavy atom. The molecular weight excluding hydrogens is 276 g/mol. The van der Waals surface area contributed by atoms with Crippen LogP contribution in [0.1, 0.15) is 32.2 Å². The van der Waals surface area contributed by atoms with E-state index in [1.54, 1.807) is 0 Å². The van der Waals surface area contributed by atoms with Crippen molar-refractivity contribution in [2.75, 3.05) is 11.9 Å². The van der Waals surface area contributed by atoms with Crippen LogP contribution in [-0.2, 0) is 16.1 Å². The molecule has 0 aromatic carbocycles. The number of anilines is 1. The Bertz CT molecular complexity index is 544. The van der Waals surface area contributed by atoms with Crippen molar-refractivity contribution < 1.29 is 9.59 Å². The van der Waals surface area contributed by atoms with Gasteiger partial charge in [0.25, 0.3) is 0 Å². The minimum Gasteiger partial charge on any atom is -0.360 e. The summed E-state index contributed by atoms with van der Waals surface area (Å²) >= 11 is 1.40. The van der Waals surface area contributed by atoms with E-state index in [4.69, 9.17) is 0 Å². The minimum atomic E-state index is -0.153. The molecular formula is C13H18N4O2S. The van der Waals surface area contributed by atoms with E-state index in [0.717, 1.165) is 18.1 Å². The van der Waals surface area contributed by atoms with Crippen molar-refractivity contribution in [3.8, 4) is 0 Å². The average Bonchev–Trinajstić information content (AvgIpc) is 2.72. The van der Waals surface area contributed by atoms with Crippen LogP contribution in [0.25, 0.3) is 0 Å². The molecule has 1 aliphatic heterocycles. The first-order valence-corrected chi connectivity index (χ1v) is 7.70. The number of rotatable bonds is 5. The summed E-state index contributed by atoms with van der Waals surface area (Å²) in [6, 6.07) is 0. The molecule has 1 saturated heterocycles. The van der Waals surface area contributed by atoms with E-state index < -0.39 is 0 Å². The van der Waals surface area contributed by atoms with E-state index in [-0.39, 0.29) is 35.6 Å². The molecule has 1 aromatic rings. The Hall–Kier alpha value is -1.50. The van der Waals surface area contributed by atoms with Crippen molar-refractivity contribution in [3.05, 3.63) is 5.01 Å². The van der Waals surface area contributed by atoms with E-state index in [9.17, 15) is 9.59 Å². The van der Waals surface area contributed by atoms with Crippen molar-refractivity contribution in [1.82, 2.24) is 15.1 Å². The maximum Gasteiger partial charge on any atom is 0.234 e. The smallest absolute Gasteiger partial charge is 0.234 e. The zero-order valence-corrected chi connectivity index (χ0v) is 12.7. The lowest BCUT2D eigenvalue weighted by molar-refractivity contribution is -0.143. The van der Waals surface area contributed by atoms with Crippen LogP contribution < -0.4 is 5.32 Å². The van der Waals surface area contributed by atoms with Crippen LogP contribution in [0.2, 0.25) is 0 Å². The monoisotopic (exact) mass is 294 g/mol. The minimum absolute atomic E-state index is 0.0525. The van der Waals surface area contributed by atoms with Crippen molar-refractivity contribution in [2.24, 2.45) is 17.3 Å². The number of imide groups is 1. The molecule has 0 spiro atoms. The molecule has 2 atom stereocenters. The Labute approximate surface area is 121 Å². The van der Waals surface area contributed by atoms with Gasteiger partial charge in [-0.15, -0.1) is 10.2 Å². The number of hydrogen-bond donors (Lipinski definition) is 1. The number of carbonyl (C=O) groups is 2. The van der Waals surface area contributed by atoms with Crippen molar-refractivity contribution in [2.45, 2.75) is 33.7 Å². The molecule has 1 aliphatic carbocycles. The van der Waals surface area contributed by atoms with Crippen molar-refractivity contribution in [3.63, 3.8) is 0 Å². The van der Waals surface area contributed by atoms with Gasteiger partial charge in [0.15, 0.2) is 0 Å². The van der Waals surface area contributed by atoms with Gasteiger partial charge in [-0.3, -0.25) is 14.5 Å². The molecule has 20 heavy (non-hydrogen) atoms. The van der Waals surface area contributed by atoms with Crippen LogP contribution in [0.15, 0.2) is 0 Å². The molecule has 0 radical (unpaired) electrons. The largest absolute Gasteiger partial charge is 0.360 e. The molecule has 1 aromatic heterocycles. The van der Waals surface area contributed by atoms with Crippen LogP contribution >= 0.6 is 11.3 Å². The molecule has 2 fully saturated rings. The number of amides is 2. The van der Waals surface area contributed by atoms with Gasteiger partial charge in [-0.1, -0.05) is 32.1 Å². The summed E-state index contributed by atoms with van der Waals surface area (Å²) in [5.74, 6) is -0.354. The number of hydrogen-bond acceptors (Lipinski definition) is 6. The Kier molecular flexibility index (Phi) is 3.04. The Morgan fingerprint density at radius 1 is 1.25 bits per heavy atom. The number of piperidine rings is 1. The van der Waals surface area contributed by atoms with Crippen LogP contribution in [-0.4, -0.2) is 33.5 Å². The zero-order valence-electron chi connectivity index (χ0n) is 11.8. The van der Waals surface area contributed by atoms with E-state index >= 15 is 0 Å². The van der Waals surface area contributed by atoms with Crippen LogP contribution in [0, 0.1) is 17.3 Å². The third-order valence-corrected chi connectivity index (χ3v) is 5.04. The van der Waals surface area contributed by atoms with Gasteiger partial charge in [-0.25, -0.2) is 0 Å². The van der Waals surface area contributed by atoms with Gasteiger partial charge in [0.1, 0.15) is 5.01 Å². The highest BCUT2D eigenvalue weighted by molar-refractivity contribution is 7.15. The van der Waals surface area contributed by atoms with Gasteiger partial charge in [0.05, 0.1) is 18.4 Å². The summed E-state index contributed by atoms with van der Waals surface area (Å²) in [6.45, 7) is 7.13. The summed E-state index contributed by atoms with van der Waals surface area (Å²) < 4.78 is 0. The molecule has 1 N–H and O–H groups in total. The number of likely N-dealkylation sites (tertiary alicyclic amines) is 1. The van der Waals surface area contributed by atoms with E-state index in [1.165, 1.54) is 16.2 Å². The summed E-state index contributed by atoms with van der Waals surface area (Å²) in [7, 11) is 0. The van der Waals surface area contributed by atoms with E-state index in [2.05, 4.69) is 22.4 Å². The van der Waals surface area contributed by atoms with Gasteiger partial charge in [-0.2, -0.15) is 0 Å². The molecule has 2 heterocycles. The Balaban J connectivity index is 1.66. The Morgan fingerprint density at radius 3 is 2.50 bits per heavy atom. The van der Waals surface area contributed by atoms with Gasteiger partial charge < -0.3 is 5.32 Å². The lowest BCUT2D eigenvalue weighted by Crippen LogP contribution is -2.35. The van der Waals surface area contributed by atoms with E-state index in [1.807, 2.05) is 13.8 Å². The molecule has 7 heteroatoms. The number of nitrogens with zero attached hydrogens (tertiary/aromatic N) is 3. The fourth-order valence-electron chi connectivity index (χ4n) is 2.92. The molecule has 3 rings (SSSR count). The number of nitrogens with one attached hydrogen (secondary N) is 1. The fraction of sp³-hybridized carbons (Fsp3) is 0.692. The first-order valence-electron chi connectivity index (χ1n) is 6.88. The van der Waals surface area contributed by atoms with Gasteiger partial charge in [0, 0.05) is 6.54 Å². The second kappa shape index (κ2) is 4.51. The molecule has 0 bridgehead atoms. The number of carbonyl (C=O) groups excluding carboxylic acids is 2. The average molecular weight is 294 g/mol. The second-order valence-electron chi connectivity index (χ2n) is 5.97. The van der Waals surface area contributed by atoms with Gasteiger partial charge >= 0.3 is 0 Å². The standard InChI is InChI=1S/C13H18N4O2S/c1-4-5-14-12-16-15-7(20-12)6-17-10(18)8-9(11(17)19)13(8,2)3/h8-9H,4-6H2,1-3H3,(H,14,16). The summed E-state index contributed by atoms with van der Waals surface area (Å²) in [6.07, 6.45) is 1.01. The van der Waals surface area contributed by atoms with Crippen LogP contribution in [0.4, 0.5) is 5.13 Å². The predicted octanol–water partition coefficient (Wildman–Crippen LogP) is 1.50. The number of fused-ring (bicyclic) bond motifs is 1. The van der Waals surface area contributed by atoms with E-state index in [0.29, 0.717) is 5.01 Å². The molecule has 2 aliphatic rings. The zero-order chi connectivity index (χ0) is 14.5. The normalized spacial score (nSPS) is 26.9. The maximum atomic E-state index is 12.2. The summed E-state index contributed by atoms with van der Waals surface area (Å²) in [5, 5.41) is 12.6. The van der Waals surface area contributed by atoms with Gasteiger partial charge in [0.2, 0.25) is 16.9 Å². The highest BCUT2D eigenvalue weighted by Crippen LogP contribution is 2.63. The molecule has 2 unspecified atom stereocenters.